The molecule has 1 aromatic rings. The molecule has 0 saturated carbocycles. The summed E-state index contributed by atoms with van der Waals surface area (Å²) in [4.78, 5) is 11.4. The maximum absolute atomic E-state index is 13.0. The third kappa shape index (κ3) is 3.48. The molecule has 0 bridgehead atoms. The number of allylic oxidation sites excluding steroid dienone is 2. The van der Waals surface area contributed by atoms with Crippen molar-refractivity contribution < 1.29 is 13.6 Å². The summed E-state index contributed by atoms with van der Waals surface area (Å²) in [5.74, 6) is -1.02. The summed E-state index contributed by atoms with van der Waals surface area (Å²) in [6, 6.07) is 3.49. The Hall–Kier alpha value is -1.51. The predicted molar refractivity (Wildman–Crippen MR) is 61.6 cm³/mol. The summed E-state index contributed by atoms with van der Waals surface area (Å²) in [6.45, 7) is 0. The third-order valence-corrected chi connectivity index (χ3v) is 2.89. The van der Waals surface area contributed by atoms with E-state index in [-0.39, 0.29) is 5.78 Å². The van der Waals surface area contributed by atoms with Crippen LogP contribution in [0.2, 0.25) is 0 Å². The maximum atomic E-state index is 13.0. The zero-order chi connectivity index (χ0) is 12.3. The summed E-state index contributed by atoms with van der Waals surface area (Å²) in [5, 5.41) is 0. The second-order valence-electron chi connectivity index (χ2n) is 4.43. The molecular formula is C14H14F2O. The smallest absolute Gasteiger partial charge is 0.155 e. The van der Waals surface area contributed by atoms with Crippen molar-refractivity contribution in [2.75, 3.05) is 0 Å². The Bertz CT molecular complexity index is 443. The van der Waals surface area contributed by atoms with Crippen LogP contribution in [0.1, 0.15) is 31.2 Å². The SMILES string of the molecule is O=C1C=C(Cc2cc(F)cc(F)c2)CCCC1. The second kappa shape index (κ2) is 5.21. The Morgan fingerprint density at radius 2 is 1.65 bits per heavy atom. The standard InChI is InChI=1S/C14H14F2O/c15-12-6-11(7-13(16)9-12)5-10-3-1-2-4-14(17)8-10/h6-9H,1-5H2. The summed E-state index contributed by atoms with van der Waals surface area (Å²) >= 11 is 0. The predicted octanol–water partition coefficient (Wildman–Crippen LogP) is 3.58. The molecule has 0 spiro atoms. The van der Waals surface area contributed by atoms with Gasteiger partial charge in [0, 0.05) is 12.5 Å². The minimum atomic E-state index is -0.569. The van der Waals surface area contributed by atoms with Gasteiger partial charge in [-0.05, 0) is 49.5 Å². The molecule has 17 heavy (non-hydrogen) atoms. The third-order valence-electron chi connectivity index (χ3n) is 2.89. The fraction of sp³-hybridized carbons (Fsp3) is 0.357. The van der Waals surface area contributed by atoms with Gasteiger partial charge in [-0.1, -0.05) is 5.57 Å². The van der Waals surface area contributed by atoms with Crippen LogP contribution in [-0.2, 0) is 11.2 Å². The molecule has 0 aromatic heterocycles. The summed E-state index contributed by atoms with van der Waals surface area (Å²) < 4.78 is 26.0. The topological polar surface area (TPSA) is 17.1 Å². The highest BCUT2D eigenvalue weighted by Crippen LogP contribution is 2.20. The van der Waals surface area contributed by atoms with Gasteiger partial charge in [-0.2, -0.15) is 0 Å². The van der Waals surface area contributed by atoms with E-state index in [1.54, 1.807) is 6.08 Å². The van der Waals surface area contributed by atoms with E-state index in [0.717, 1.165) is 30.9 Å². The molecule has 0 unspecified atom stereocenters. The van der Waals surface area contributed by atoms with Crippen LogP contribution in [0.25, 0.3) is 0 Å². The first-order chi connectivity index (χ1) is 8.13. The number of ketones is 1. The Labute approximate surface area is 99.1 Å². The van der Waals surface area contributed by atoms with E-state index in [0.29, 0.717) is 18.4 Å². The summed E-state index contributed by atoms with van der Waals surface area (Å²) in [6.07, 6.45) is 5.38. The van der Waals surface area contributed by atoms with Crippen molar-refractivity contribution in [1.29, 1.82) is 0 Å². The fourth-order valence-electron chi connectivity index (χ4n) is 2.14. The van der Waals surface area contributed by atoms with Gasteiger partial charge in [-0.15, -0.1) is 0 Å². The van der Waals surface area contributed by atoms with Gasteiger partial charge < -0.3 is 0 Å². The highest BCUT2D eigenvalue weighted by Gasteiger charge is 2.10. The number of carbonyl (C=O) groups excluding carboxylic acids is 1. The molecule has 90 valence electrons. The molecule has 0 amide bonds. The van der Waals surface area contributed by atoms with E-state index in [9.17, 15) is 13.6 Å². The lowest BCUT2D eigenvalue weighted by molar-refractivity contribution is -0.114. The Morgan fingerprint density at radius 1 is 1.00 bits per heavy atom. The number of carbonyl (C=O) groups is 1. The zero-order valence-electron chi connectivity index (χ0n) is 9.51. The number of hydrogen-bond acceptors (Lipinski definition) is 1. The molecule has 3 heteroatoms. The molecule has 0 atom stereocenters. The van der Waals surface area contributed by atoms with Crippen molar-refractivity contribution in [3.8, 4) is 0 Å². The van der Waals surface area contributed by atoms with E-state index in [1.165, 1.54) is 12.1 Å². The second-order valence-corrected chi connectivity index (χ2v) is 4.43. The number of benzene rings is 1. The van der Waals surface area contributed by atoms with Crippen LogP contribution in [0.5, 0.6) is 0 Å². The molecular weight excluding hydrogens is 222 g/mol. The molecule has 0 saturated heterocycles. The maximum Gasteiger partial charge on any atom is 0.155 e. The van der Waals surface area contributed by atoms with Crippen molar-refractivity contribution in [3.05, 3.63) is 47.0 Å². The van der Waals surface area contributed by atoms with Gasteiger partial charge in [0.15, 0.2) is 5.78 Å². The van der Waals surface area contributed by atoms with Crippen molar-refractivity contribution in [2.24, 2.45) is 0 Å². The number of hydrogen-bond donors (Lipinski definition) is 0. The largest absolute Gasteiger partial charge is 0.295 e. The minimum Gasteiger partial charge on any atom is -0.295 e. The van der Waals surface area contributed by atoms with Gasteiger partial charge in [-0.25, -0.2) is 8.78 Å². The first kappa shape index (κ1) is 12.0. The van der Waals surface area contributed by atoms with Crippen LogP contribution in [0.3, 0.4) is 0 Å². The molecule has 1 aliphatic carbocycles. The normalized spacial score (nSPS) is 16.6. The van der Waals surface area contributed by atoms with E-state index < -0.39 is 11.6 Å². The van der Waals surface area contributed by atoms with E-state index >= 15 is 0 Å². The minimum absolute atomic E-state index is 0.120. The fourth-order valence-corrected chi connectivity index (χ4v) is 2.14. The first-order valence-electron chi connectivity index (χ1n) is 5.81. The van der Waals surface area contributed by atoms with Gasteiger partial charge in [0.25, 0.3) is 0 Å². The first-order valence-corrected chi connectivity index (χ1v) is 5.81. The Morgan fingerprint density at radius 3 is 2.35 bits per heavy atom. The van der Waals surface area contributed by atoms with Crippen molar-refractivity contribution in [2.45, 2.75) is 32.1 Å². The van der Waals surface area contributed by atoms with Crippen molar-refractivity contribution in [3.63, 3.8) is 0 Å². The van der Waals surface area contributed by atoms with E-state index in [1.807, 2.05) is 0 Å². The summed E-state index contributed by atoms with van der Waals surface area (Å²) in [5.41, 5.74) is 1.56. The van der Waals surface area contributed by atoms with Crippen LogP contribution < -0.4 is 0 Å². The molecule has 0 heterocycles. The van der Waals surface area contributed by atoms with Gasteiger partial charge in [0.1, 0.15) is 11.6 Å². The van der Waals surface area contributed by atoms with Gasteiger partial charge in [0.05, 0.1) is 0 Å². The molecule has 0 fully saturated rings. The van der Waals surface area contributed by atoms with Crippen LogP contribution >= 0.6 is 0 Å². The van der Waals surface area contributed by atoms with E-state index in [4.69, 9.17) is 0 Å². The van der Waals surface area contributed by atoms with Crippen LogP contribution in [-0.4, -0.2) is 5.78 Å². The molecule has 1 aromatic carbocycles. The molecule has 2 rings (SSSR count). The average molecular weight is 236 g/mol. The van der Waals surface area contributed by atoms with Gasteiger partial charge in [0.2, 0.25) is 0 Å². The average Bonchev–Trinajstić information content (AvgIpc) is 2.41. The van der Waals surface area contributed by atoms with Crippen LogP contribution in [0.4, 0.5) is 8.78 Å². The number of halogens is 2. The zero-order valence-corrected chi connectivity index (χ0v) is 9.51. The quantitative estimate of drug-likeness (QED) is 0.767. The lowest BCUT2D eigenvalue weighted by Gasteiger charge is -2.05. The molecule has 0 aliphatic heterocycles. The van der Waals surface area contributed by atoms with Crippen LogP contribution in [0.15, 0.2) is 29.8 Å². The van der Waals surface area contributed by atoms with Crippen molar-refractivity contribution >= 4 is 5.78 Å². The number of rotatable bonds is 2. The highest BCUT2D eigenvalue weighted by molar-refractivity contribution is 5.90. The molecule has 1 nitrogen and oxygen atoms in total. The lowest BCUT2D eigenvalue weighted by atomic mass is 10.0. The van der Waals surface area contributed by atoms with E-state index in [2.05, 4.69) is 0 Å². The van der Waals surface area contributed by atoms with Crippen molar-refractivity contribution in [1.82, 2.24) is 0 Å². The Balaban J connectivity index is 2.16. The highest BCUT2D eigenvalue weighted by atomic mass is 19.1. The Kier molecular flexibility index (Phi) is 3.67. The molecule has 0 radical (unpaired) electrons. The summed E-state index contributed by atoms with van der Waals surface area (Å²) in [7, 11) is 0. The monoisotopic (exact) mass is 236 g/mol. The van der Waals surface area contributed by atoms with Gasteiger partial charge >= 0.3 is 0 Å². The lowest BCUT2D eigenvalue weighted by Crippen LogP contribution is -1.95. The van der Waals surface area contributed by atoms with Gasteiger partial charge in [-0.3, -0.25) is 4.79 Å². The molecule has 1 aliphatic rings. The van der Waals surface area contributed by atoms with Crippen LogP contribution in [0, 0.1) is 11.6 Å². The molecule has 0 N–H and O–H groups in total.